The lowest BCUT2D eigenvalue weighted by Crippen LogP contribution is -2.43. The van der Waals surface area contributed by atoms with E-state index in [2.05, 4.69) is 0 Å². The molecule has 0 aliphatic rings. The van der Waals surface area contributed by atoms with E-state index in [0.29, 0.717) is 23.1 Å². The fourth-order valence-corrected chi connectivity index (χ4v) is 1.82. The first-order valence-corrected chi connectivity index (χ1v) is 5.42. The molecule has 0 heterocycles. The molecule has 0 bridgehead atoms. The standard InChI is InChI=1S/C11H15Cl2NO/c1-11(14,7-15-2)6-8-3-4-9(12)10(13)5-8/h3-5H,6-7,14H2,1-2H3/t11-/m0/s1. The second-order valence-corrected chi connectivity index (χ2v) is 4.83. The van der Waals surface area contributed by atoms with Crippen molar-refractivity contribution in [1.29, 1.82) is 0 Å². The molecule has 15 heavy (non-hydrogen) atoms. The van der Waals surface area contributed by atoms with Crippen LogP contribution in [0.25, 0.3) is 0 Å². The van der Waals surface area contributed by atoms with Gasteiger partial charge in [-0.3, -0.25) is 0 Å². The highest BCUT2D eigenvalue weighted by Gasteiger charge is 2.19. The van der Waals surface area contributed by atoms with Crippen LogP contribution in [-0.2, 0) is 11.2 Å². The molecule has 0 fully saturated rings. The molecule has 4 heteroatoms. The highest BCUT2D eigenvalue weighted by Crippen LogP contribution is 2.24. The Morgan fingerprint density at radius 1 is 1.33 bits per heavy atom. The third-order valence-electron chi connectivity index (χ3n) is 2.07. The van der Waals surface area contributed by atoms with Crippen LogP contribution in [0.4, 0.5) is 0 Å². The van der Waals surface area contributed by atoms with Crippen LogP contribution in [0, 0.1) is 0 Å². The van der Waals surface area contributed by atoms with Crippen molar-refractivity contribution in [3.05, 3.63) is 33.8 Å². The van der Waals surface area contributed by atoms with E-state index in [0.717, 1.165) is 5.56 Å². The van der Waals surface area contributed by atoms with Gasteiger partial charge in [-0.25, -0.2) is 0 Å². The predicted molar refractivity (Wildman–Crippen MR) is 64.6 cm³/mol. The number of hydrogen-bond donors (Lipinski definition) is 1. The molecule has 1 aromatic rings. The summed E-state index contributed by atoms with van der Waals surface area (Å²) in [6.45, 7) is 2.45. The maximum absolute atomic E-state index is 6.05. The molecule has 0 aliphatic heterocycles. The minimum Gasteiger partial charge on any atom is -0.383 e. The molecule has 0 saturated carbocycles. The smallest absolute Gasteiger partial charge is 0.0642 e. The van der Waals surface area contributed by atoms with Gasteiger partial charge in [0.1, 0.15) is 0 Å². The van der Waals surface area contributed by atoms with Crippen LogP contribution in [0.3, 0.4) is 0 Å². The number of hydrogen-bond acceptors (Lipinski definition) is 2. The van der Waals surface area contributed by atoms with Gasteiger partial charge in [0.15, 0.2) is 0 Å². The van der Waals surface area contributed by atoms with Crippen LogP contribution in [0.5, 0.6) is 0 Å². The van der Waals surface area contributed by atoms with Gasteiger partial charge in [-0.05, 0) is 31.0 Å². The number of nitrogens with two attached hydrogens (primary N) is 1. The summed E-state index contributed by atoms with van der Waals surface area (Å²) in [5, 5.41) is 1.12. The molecule has 1 aromatic carbocycles. The number of rotatable bonds is 4. The third kappa shape index (κ3) is 3.99. The van der Waals surface area contributed by atoms with Gasteiger partial charge >= 0.3 is 0 Å². The minimum atomic E-state index is -0.383. The molecule has 0 saturated heterocycles. The van der Waals surface area contributed by atoms with Gasteiger partial charge in [0.05, 0.1) is 16.7 Å². The van der Waals surface area contributed by atoms with Crippen molar-refractivity contribution in [2.24, 2.45) is 5.73 Å². The van der Waals surface area contributed by atoms with Crippen molar-refractivity contribution >= 4 is 23.2 Å². The second-order valence-electron chi connectivity index (χ2n) is 4.01. The summed E-state index contributed by atoms with van der Waals surface area (Å²) in [7, 11) is 1.64. The van der Waals surface area contributed by atoms with Gasteiger partial charge in [-0.2, -0.15) is 0 Å². The van der Waals surface area contributed by atoms with Crippen molar-refractivity contribution in [1.82, 2.24) is 0 Å². The van der Waals surface area contributed by atoms with Gasteiger partial charge in [0, 0.05) is 12.6 Å². The van der Waals surface area contributed by atoms with E-state index < -0.39 is 0 Å². The Kier molecular flexibility index (Phi) is 4.41. The molecule has 0 radical (unpaired) electrons. The quantitative estimate of drug-likeness (QED) is 0.889. The molecule has 0 aromatic heterocycles. The fraction of sp³-hybridized carbons (Fsp3) is 0.455. The van der Waals surface area contributed by atoms with E-state index in [9.17, 15) is 0 Å². The molecule has 1 rings (SSSR count). The minimum absolute atomic E-state index is 0.383. The van der Waals surface area contributed by atoms with Crippen LogP contribution in [0.1, 0.15) is 12.5 Å². The second kappa shape index (κ2) is 5.17. The first-order valence-electron chi connectivity index (χ1n) is 4.66. The topological polar surface area (TPSA) is 35.2 Å². The summed E-state index contributed by atoms with van der Waals surface area (Å²) in [4.78, 5) is 0. The fourth-order valence-electron chi connectivity index (χ4n) is 1.50. The van der Waals surface area contributed by atoms with E-state index in [-0.39, 0.29) is 5.54 Å². The molecule has 0 spiro atoms. The van der Waals surface area contributed by atoms with Crippen LogP contribution < -0.4 is 5.73 Å². The lowest BCUT2D eigenvalue weighted by Gasteiger charge is -2.23. The Labute approximate surface area is 100 Å². The zero-order chi connectivity index (χ0) is 11.5. The summed E-state index contributed by atoms with van der Waals surface area (Å²) in [5.74, 6) is 0. The number of ether oxygens (including phenoxy) is 1. The SMILES string of the molecule is COC[C@@](C)(N)Cc1ccc(Cl)c(Cl)c1. The highest BCUT2D eigenvalue weighted by molar-refractivity contribution is 6.42. The van der Waals surface area contributed by atoms with Crippen molar-refractivity contribution < 1.29 is 4.74 Å². The zero-order valence-corrected chi connectivity index (χ0v) is 10.4. The van der Waals surface area contributed by atoms with E-state index >= 15 is 0 Å². The van der Waals surface area contributed by atoms with Crippen molar-refractivity contribution in [3.63, 3.8) is 0 Å². The van der Waals surface area contributed by atoms with E-state index in [4.69, 9.17) is 33.7 Å². The number of methoxy groups -OCH3 is 1. The molecular formula is C11H15Cl2NO. The molecule has 1 atom stereocenters. The lowest BCUT2D eigenvalue weighted by molar-refractivity contribution is 0.141. The molecule has 2 nitrogen and oxygen atoms in total. The molecular weight excluding hydrogens is 233 g/mol. The van der Waals surface area contributed by atoms with E-state index in [1.807, 2.05) is 19.1 Å². The van der Waals surface area contributed by atoms with Gasteiger partial charge in [0.25, 0.3) is 0 Å². The van der Waals surface area contributed by atoms with Gasteiger partial charge in [0.2, 0.25) is 0 Å². The monoisotopic (exact) mass is 247 g/mol. The molecule has 2 N–H and O–H groups in total. The van der Waals surface area contributed by atoms with Crippen molar-refractivity contribution in [2.75, 3.05) is 13.7 Å². The van der Waals surface area contributed by atoms with Crippen molar-refractivity contribution in [3.8, 4) is 0 Å². The van der Waals surface area contributed by atoms with E-state index in [1.165, 1.54) is 0 Å². The van der Waals surface area contributed by atoms with Gasteiger partial charge in [-0.15, -0.1) is 0 Å². The summed E-state index contributed by atoms with van der Waals surface area (Å²) >= 11 is 11.7. The molecule has 0 amide bonds. The summed E-state index contributed by atoms with van der Waals surface area (Å²) < 4.78 is 5.05. The number of halogens is 2. The average molecular weight is 248 g/mol. The lowest BCUT2D eigenvalue weighted by atomic mass is 9.95. The maximum atomic E-state index is 6.05. The van der Waals surface area contributed by atoms with Gasteiger partial charge < -0.3 is 10.5 Å². The van der Waals surface area contributed by atoms with Crippen LogP contribution in [0.2, 0.25) is 10.0 Å². The Morgan fingerprint density at radius 2 is 2.00 bits per heavy atom. The molecule has 0 unspecified atom stereocenters. The van der Waals surface area contributed by atoms with Crippen LogP contribution in [-0.4, -0.2) is 19.3 Å². The predicted octanol–water partition coefficient (Wildman–Crippen LogP) is 2.90. The zero-order valence-electron chi connectivity index (χ0n) is 8.89. The van der Waals surface area contributed by atoms with Gasteiger partial charge in [-0.1, -0.05) is 29.3 Å². The third-order valence-corrected chi connectivity index (χ3v) is 2.81. The number of benzene rings is 1. The first-order chi connectivity index (χ1) is 6.94. The average Bonchev–Trinajstić information content (AvgIpc) is 2.10. The normalized spacial score (nSPS) is 15.0. The Hall–Kier alpha value is -0.280. The maximum Gasteiger partial charge on any atom is 0.0642 e. The Bertz CT molecular complexity index is 339. The summed E-state index contributed by atoms with van der Waals surface area (Å²) in [6.07, 6.45) is 0.706. The van der Waals surface area contributed by atoms with E-state index in [1.54, 1.807) is 13.2 Å². The van der Waals surface area contributed by atoms with Crippen LogP contribution in [0.15, 0.2) is 18.2 Å². The largest absolute Gasteiger partial charge is 0.383 e. The summed E-state index contributed by atoms with van der Waals surface area (Å²) in [6, 6.07) is 5.54. The Morgan fingerprint density at radius 3 is 2.53 bits per heavy atom. The Balaban J connectivity index is 2.76. The molecule has 84 valence electrons. The van der Waals surface area contributed by atoms with Crippen molar-refractivity contribution in [2.45, 2.75) is 18.9 Å². The van der Waals surface area contributed by atoms with Crippen LogP contribution >= 0.6 is 23.2 Å². The molecule has 0 aliphatic carbocycles. The summed E-state index contributed by atoms with van der Waals surface area (Å²) in [5.41, 5.74) is 6.72. The highest BCUT2D eigenvalue weighted by atomic mass is 35.5. The first kappa shape index (κ1) is 12.8.